The molecular weight excluding hydrogens is 328 g/mol. The topological polar surface area (TPSA) is 46.5 Å². The molecule has 0 amide bonds. The van der Waals surface area contributed by atoms with E-state index in [4.69, 9.17) is 9.84 Å². The minimum Gasteiger partial charge on any atom is -0.542 e. The number of alkyl halides is 3. The average molecular weight is 350 g/mol. The molecule has 136 valence electrons. The summed E-state index contributed by atoms with van der Waals surface area (Å²) in [5, 5.41) is 8.88. The van der Waals surface area contributed by atoms with Crippen LogP contribution in [0, 0.1) is 12.5 Å². The molecule has 0 aliphatic heterocycles. The number of halogens is 3. The van der Waals surface area contributed by atoms with Crippen LogP contribution in [0.2, 0.25) is 0 Å². The van der Waals surface area contributed by atoms with E-state index >= 15 is 0 Å². The predicted octanol–water partition coefficient (Wildman–Crippen LogP) is 1.08. The van der Waals surface area contributed by atoms with Crippen LogP contribution in [0.25, 0.3) is 0 Å². The van der Waals surface area contributed by atoms with Gasteiger partial charge in [-0.25, -0.2) is 0 Å². The van der Waals surface area contributed by atoms with Crippen LogP contribution in [-0.4, -0.2) is 23.6 Å². The maximum absolute atomic E-state index is 12.6. The molecule has 0 radical (unpaired) electrons. The predicted molar refractivity (Wildman–Crippen MR) is 84.2 cm³/mol. The van der Waals surface area contributed by atoms with E-state index in [-0.39, 0.29) is 43.1 Å². The van der Waals surface area contributed by atoms with Crippen LogP contribution in [0.5, 0.6) is 5.75 Å². The molecule has 2 rings (SSSR count). The molecule has 0 unspecified atom stereocenters. The smallest absolute Gasteiger partial charge is 0.542 e. The summed E-state index contributed by atoms with van der Waals surface area (Å²) >= 11 is 0. The quantitative estimate of drug-likeness (QED) is 0.617. The van der Waals surface area contributed by atoms with E-state index < -0.39 is 11.7 Å². The monoisotopic (exact) mass is 350 g/mol. The van der Waals surface area contributed by atoms with Crippen LogP contribution < -0.4 is 23.6 Å². The van der Waals surface area contributed by atoms with Crippen LogP contribution in [0.3, 0.4) is 0 Å². The zero-order chi connectivity index (χ0) is 18.2. The number of rotatable bonds is 6. The summed E-state index contributed by atoms with van der Waals surface area (Å²) in [5.41, 5.74) is -0.906. The second kappa shape index (κ2) is 10.9. The van der Waals surface area contributed by atoms with Gasteiger partial charge in [-0.1, -0.05) is 18.9 Å². The molecule has 1 fully saturated rings. The summed E-state index contributed by atoms with van der Waals surface area (Å²) in [6.07, 6.45) is 1.95. The van der Waals surface area contributed by atoms with Crippen molar-refractivity contribution in [3.05, 3.63) is 35.7 Å². The Bertz CT molecular complexity index is 525. The zero-order valence-corrected chi connectivity index (χ0v) is 14.9. The van der Waals surface area contributed by atoms with Gasteiger partial charge in [0.15, 0.2) is 0 Å². The summed E-state index contributed by atoms with van der Waals surface area (Å²) < 4.78 is 43.1. The molecular formula is C18H22F3LiO3-2. The Morgan fingerprint density at radius 2 is 2.00 bits per heavy atom. The van der Waals surface area contributed by atoms with Gasteiger partial charge in [0, 0.05) is 11.4 Å². The molecule has 1 aliphatic rings. The Balaban J connectivity index is 0.000000693. The molecule has 25 heavy (non-hydrogen) atoms. The number of hydrogen-bond acceptors (Lipinski definition) is 3. The third kappa shape index (κ3) is 9.34. The van der Waals surface area contributed by atoms with E-state index in [1.165, 1.54) is 6.07 Å². The van der Waals surface area contributed by atoms with Crippen molar-refractivity contribution < 1.29 is 46.7 Å². The molecule has 0 aromatic heterocycles. The van der Waals surface area contributed by atoms with Gasteiger partial charge < -0.3 is 21.1 Å². The first kappa shape index (κ1) is 24.0. The van der Waals surface area contributed by atoms with Crippen LogP contribution in [-0.2, 0) is 17.4 Å². The summed E-state index contributed by atoms with van der Waals surface area (Å²) in [4.78, 5) is 10.1. The fraction of sp³-hybridized carbons (Fsp3) is 0.556. The molecule has 0 bridgehead atoms. The second-order valence-electron chi connectivity index (χ2n) is 5.94. The van der Waals surface area contributed by atoms with Crippen molar-refractivity contribution >= 4 is 6.29 Å². The second-order valence-corrected chi connectivity index (χ2v) is 5.94. The van der Waals surface area contributed by atoms with Crippen molar-refractivity contribution in [2.75, 3.05) is 6.61 Å². The Labute approximate surface area is 159 Å². The molecule has 0 spiro atoms. The average Bonchev–Trinajstić information content (AvgIpc) is 2.49. The fourth-order valence-corrected chi connectivity index (χ4v) is 1.94. The SMILES string of the molecule is CC1(O)C[CH-]C1.CCCOc1cc(CC[C-]=O)[c-]c(C(F)(F)F)c1.[Li+]. The van der Waals surface area contributed by atoms with E-state index in [1.54, 1.807) is 6.29 Å². The standard InChI is InChI=1S/C13H13F3O2.C5H9O.Li/c1-2-6-18-12-8-10(4-3-5-17)7-11(9-12)13(14,15)16;1-5(6)3-2-4-5;/h8-9H,2-4,6H2,1H3;2,6H,3-4H2,1H3;/q-2;-1;+1. The number of aryl methyl sites for hydroxylation is 1. The molecule has 0 heterocycles. The molecule has 0 saturated heterocycles. The first-order chi connectivity index (χ1) is 11.2. The van der Waals surface area contributed by atoms with Crippen molar-refractivity contribution in [2.24, 2.45) is 0 Å². The first-order valence-corrected chi connectivity index (χ1v) is 7.83. The first-order valence-electron chi connectivity index (χ1n) is 7.83. The third-order valence-corrected chi connectivity index (χ3v) is 3.34. The van der Waals surface area contributed by atoms with Crippen molar-refractivity contribution in [3.8, 4) is 5.75 Å². The molecule has 3 nitrogen and oxygen atoms in total. The molecule has 0 atom stereocenters. The van der Waals surface area contributed by atoms with Gasteiger partial charge in [-0.2, -0.15) is 44.1 Å². The van der Waals surface area contributed by atoms with Crippen molar-refractivity contribution in [3.63, 3.8) is 0 Å². The van der Waals surface area contributed by atoms with Gasteiger partial charge in [0.2, 0.25) is 0 Å². The maximum Gasteiger partial charge on any atom is 1.00 e. The molecule has 1 N–H and O–H groups in total. The zero-order valence-electron chi connectivity index (χ0n) is 14.9. The Morgan fingerprint density at radius 3 is 2.40 bits per heavy atom. The Hall–Kier alpha value is -0.963. The largest absolute Gasteiger partial charge is 1.00 e. The van der Waals surface area contributed by atoms with Gasteiger partial charge >= 0.3 is 25.0 Å². The summed E-state index contributed by atoms with van der Waals surface area (Å²) in [6.45, 7) is 4.07. The van der Waals surface area contributed by atoms with Gasteiger partial charge in [0.05, 0.1) is 6.61 Å². The Morgan fingerprint density at radius 1 is 1.40 bits per heavy atom. The van der Waals surface area contributed by atoms with Crippen molar-refractivity contribution in [2.45, 2.75) is 57.7 Å². The molecule has 1 saturated carbocycles. The minimum absolute atomic E-state index is 0. The number of ether oxygens (including phenoxy) is 1. The number of carbonyl (C=O) groups excluding carboxylic acids is 1. The van der Waals surface area contributed by atoms with E-state index in [0.29, 0.717) is 18.6 Å². The van der Waals surface area contributed by atoms with Crippen LogP contribution in [0.4, 0.5) is 13.2 Å². The van der Waals surface area contributed by atoms with Gasteiger partial charge in [0.1, 0.15) is 0 Å². The minimum atomic E-state index is -4.47. The third-order valence-electron chi connectivity index (χ3n) is 3.34. The van der Waals surface area contributed by atoms with E-state index in [0.717, 1.165) is 18.9 Å². The molecule has 7 heteroatoms. The van der Waals surface area contributed by atoms with E-state index in [2.05, 4.69) is 12.5 Å². The van der Waals surface area contributed by atoms with Crippen molar-refractivity contribution in [1.82, 2.24) is 0 Å². The van der Waals surface area contributed by atoms with Crippen molar-refractivity contribution in [1.29, 1.82) is 0 Å². The summed E-state index contributed by atoms with van der Waals surface area (Å²) in [5.74, 6) is 0.156. The van der Waals surface area contributed by atoms with Gasteiger partial charge in [0.25, 0.3) is 0 Å². The molecule has 1 aromatic rings. The van der Waals surface area contributed by atoms with E-state index in [1.807, 2.05) is 13.8 Å². The van der Waals surface area contributed by atoms with Gasteiger partial charge in [-0.15, -0.1) is 12.1 Å². The number of benzene rings is 1. The fourth-order valence-electron chi connectivity index (χ4n) is 1.94. The van der Waals surface area contributed by atoms with Crippen LogP contribution in [0.1, 0.15) is 50.7 Å². The molecule has 1 aromatic carbocycles. The van der Waals surface area contributed by atoms with Gasteiger partial charge in [-0.05, 0) is 13.3 Å². The number of hydrogen-bond donors (Lipinski definition) is 1. The number of aliphatic hydroxyl groups is 1. The maximum atomic E-state index is 12.6. The molecule has 1 aliphatic carbocycles. The summed E-state index contributed by atoms with van der Waals surface area (Å²) in [6, 6.07) is 4.65. The summed E-state index contributed by atoms with van der Waals surface area (Å²) in [7, 11) is 0. The van der Waals surface area contributed by atoms with Gasteiger partial charge in [-0.3, -0.25) is 6.29 Å². The normalized spacial score (nSPS) is 15.1. The van der Waals surface area contributed by atoms with Crippen LogP contribution >= 0.6 is 0 Å². The Kier molecular flexibility index (Phi) is 10.5. The van der Waals surface area contributed by atoms with E-state index in [9.17, 15) is 18.0 Å². The van der Waals surface area contributed by atoms with Crippen LogP contribution in [0.15, 0.2) is 12.1 Å².